The van der Waals surface area contributed by atoms with Gasteiger partial charge >= 0.3 is 0 Å². The second kappa shape index (κ2) is 4.23. The third kappa shape index (κ3) is 2.41. The average Bonchev–Trinajstić information content (AvgIpc) is 2.65. The quantitative estimate of drug-likeness (QED) is 0.810. The summed E-state index contributed by atoms with van der Waals surface area (Å²) in [4.78, 5) is 4.14. The Labute approximate surface area is 88.8 Å². The lowest BCUT2D eigenvalue weighted by molar-refractivity contribution is 0.683. The molecule has 0 aliphatic rings. The van der Waals surface area contributed by atoms with E-state index >= 15 is 0 Å². The fourth-order valence-corrected chi connectivity index (χ4v) is 1.49. The first-order valence-electron chi connectivity index (χ1n) is 4.90. The van der Waals surface area contributed by atoms with Crippen LogP contribution < -0.4 is 5.73 Å². The fraction of sp³-hybridized carbons (Fsp3) is 0.273. The number of rotatable bonds is 3. The van der Waals surface area contributed by atoms with Gasteiger partial charge in [0.1, 0.15) is 0 Å². The molecular formula is C11H14N4. The van der Waals surface area contributed by atoms with E-state index in [-0.39, 0.29) is 0 Å². The van der Waals surface area contributed by atoms with Crippen molar-refractivity contribution in [3.8, 4) is 0 Å². The molecule has 2 N–H and O–H groups in total. The van der Waals surface area contributed by atoms with Crippen molar-refractivity contribution in [3.63, 3.8) is 0 Å². The Balaban J connectivity index is 2.14. The van der Waals surface area contributed by atoms with Crippen LogP contribution in [0.15, 0.2) is 30.9 Å². The van der Waals surface area contributed by atoms with Gasteiger partial charge in [-0.2, -0.15) is 5.10 Å². The second-order valence-corrected chi connectivity index (χ2v) is 3.62. The number of pyridine rings is 1. The maximum Gasteiger partial charge on any atom is 0.0674 e. The molecule has 0 amide bonds. The Kier molecular flexibility index (Phi) is 2.78. The van der Waals surface area contributed by atoms with Gasteiger partial charge in [-0.15, -0.1) is 0 Å². The van der Waals surface area contributed by atoms with E-state index < -0.39 is 0 Å². The molecule has 78 valence electrons. The highest BCUT2D eigenvalue weighted by molar-refractivity contribution is 5.17. The topological polar surface area (TPSA) is 56.7 Å². The molecule has 0 atom stereocenters. The van der Waals surface area contributed by atoms with Crippen LogP contribution in [0.1, 0.15) is 16.7 Å². The summed E-state index contributed by atoms with van der Waals surface area (Å²) in [6.45, 7) is 3.31. The van der Waals surface area contributed by atoms with Crippen molar-refractivity contribution in [3.05, 3.63) is 47.5 Å². The number of hydrogen-bond donors (Lipinski definition) is 1. The van der Waals surface area contributed by atoms with Gasteiger partial charge in [-0.1, -0.05) is 6.07 Å². The summed E-state index contributed by atoms with van der Waals surface area (Å²) in [6.07, 6.45) is 7.46. The van der Waals surface area contributed by atoms with Crippen LogP contribution in [0.2, 0.25) is 0 Å². The van der Waals surface area contributed by atoms with E-state index in [1.54, 1.807) is 6.20 Å². The largest absolute Gasteiger partial charge is 0.326 e. The number of aryl methyl sites for hydroxylation is 1. The van der Waals surface area contributed by atoms with E-state index in [4.69, 9.17) is 5.73 Å². The van der Waals surface area contributed by atoms with E-state index in [0.29, 0.717) is 6.54 Å². The molecule has 2 aromatic heterocycles. The fourth-order valence-electron chi connectivity index (χ4n) is 1.49. The minimum atomic E-state index is 0.534. The molecule has 2 heterocycles. The number of hydrogen-bond acceptors (Lipinski definition) is 3. The van der Waals surface area contributed by atoms with E-state index in [1.807, 2.05) is 30.2 Å². The van der Waals surface area contributed by atoms with Crippen molar-refractivity contribution < 1.29 is 0 Å². The summed E-state index contributed by atoms with van der Waals surface area (Å²) in [5, 5.41) is 4.22. The summed E-state index contributed by atoms with van der Waals surface area (Å²) in [5.74, 6) is 0. The van der Waals surface area contributed by atoms with Gasteiger partial charge in [-0.25, -0.2) is 0 Å². The number of nitrogens with two attached hydrogens (primary N) is 1. The molecule has 4 heteroatoms. The van der Waals surface area contributed by atoms with Gasteiger partial charge in [0.2, 0.25) is 0 Å². The molecule has 0 saturated heterocycles. The lowest BCUT2D eigenvalue weighted by Gasteiger charge is -2.01. The van der Waals surface area contributed by atoms with Crippen molar-refractivity contribution in [2.75, 3.05) is 0 Å². The molecule has 0 radical (unpaired) electrons. The summed E-state index contributed by atoms with van der Waals surface area (Å²) in [7, 11) is 0. The highest BCUT2D eigenvalue weighted by Crippen LogP contribution is 2.04. The van der Waals surface area contributed by atoms with Gasteiger partial charge in [-0.3, -0.25) is 9.67 Å². The van der Waals surface area contributed by atoms with E-state index in [2.05, 4.69) is 16.1 Å². The standard InChI is InChI=1S/C11H14N4/c1-9-2-10(5-13-4-9)7-15-8-11(3-12)6-14-15/h2,4-6,8H,3,7,12H2,1H3. The predicted octanol–water partition coefficient (Wildman–Crippen LogP) is 1.09. The third-order valence-corrected chi connectivity index (χ3v) is 2.20. The van der Waals surface area contributed by atoms with Crippen LogP contribution in [0.4, 0.5) is 0 Å². The maximum absolute atomic E-state index is 5.51. The van der Waals surface area contributed by atoms with Crippen molar-refractivity contribution in [2.45, 2.75) is 20.0 Å². The zero-order chi connectivity index (χ0) is 10.7. The highest BCUT2D eigenvalue weighted by atomic mass is 15.3. The molecule has 0 aliphatic heterocycles. The predicted molar refractivity (Wildman–Crippen MR) is 58.2 cm³/mol. The molecule has 0 aliphatic carbocycles. The van der Waals surface area contributed by atoms with Crippen LogP contribution in [0, 0.1) is 6.92 Å². The minimum Gasteiger partial charge on any atom is -0.326 e. The molecule has 0 fully saturated rings. The van der Waals surface area contributed by atoms with E-state index in [0.717, 1.165) is 17.7 Å². The molecule has 0 spiro atoms. The Morgan fingerprint density at radius 2 is 2.13 bits per heavy atom. The van der Waals surface area contributed by atoms with Crippen LogP contribution in [-0.2, 0) is 13.1 Å². The Bertz CT molecular complexity index is 447. The first-order chi connectivity index (χ1) is 7.28. The van der Waals surface area contributed by atoms with Crippen molar-refractivity contribution in [2.24, 2.45) is 5.73 Å². The molecule has 15 heavy (non-hydrogen) atoms. The zero-order valence-corrected chi connectivity index (χ0v) is 8.72. The minimum absolute atomic E-state index is 0.534. The SMILES string of the molecule is Cc1cncc(Cn2cc(CN)cn2)c1. The van der Waals surface area contributed by atoms with Gasteiger partial charge in [-0.05, 0) is 18.1 Å². The van der Waals surface area contributed by atoms with Gasteiger partial charge in [0.15, 0.2) is 0 Å². The summed E-state index contributed by atoms with van der Waals surface area (Å²) >= 11 is 0. The molecule has 2 rings (SSSR count). The van der Waals surface area contributed by atoms with Gasteiger partial charge in [0.25, 0.3) is 0 Å². The Morgan fingerprint density at radius 1 is 1.27 bits per heavy atom. The van der Waals surface area contributed by atoms with Crippen LogP contribution in [0.25, 0.3) is 0 Å². The van der Waals surface area contributed by atoms with E-state index in [1.165, 1.54) is 5.56 Å². The van der Waals surface area contributed by atoms with Gasteiger partial charge in [0.05, 0.1) is 12.7 Å². The van der Waals surface area contributed by atoms with Crippen LogP contribution in [0.5, 0.6) is 0 Å². The number of nitrogens with zero attached hydrogens (tertiary/aromatic N) is 3. The highest BCUT2D eigenvalue weighted by Gasteiger charge is 1.98. The van der Waals surface area contributed by atoms with Crippen LogP contribution in [-0.4, -0.2) is 14.8 Å². The number of aromatic nitrogens is 3. The lowest BCUT2D eigenvalue weighted by atomic mass is 10.2. The first kappa shape index (κ1) is 9.86. The van der Waals surface area contributed by atoms with Crippen molar-refractivity contribution in [1.29, 1.82) is 0 Å². The van der Waals surface area contributed by atoms with Crippen molar-refractivity contribution >= 4 is 0 Å². The molecule has 0 aromatic carbocycles. The molecule has 4 nitrogen and oxygen atoms in total. The maximum atomic E-state index is 5.51. The summed E-state index contributed by atoms with van der Waals surface area (Å²) < 4.78 is 1.87. The van der Waals surface area contributed by atoms with Crippen LogP contribution in [0.3, 0.4) is 0 Å². The lowest BCUT2D eigenvalue weighted by Crippen LogP contribution is -2.01. The van der Waals surface area contributed by atoms with Gasteiger partial charge < -0.3 is 5.73 Å². The zero-order valence-electron chi connectivity index (χ0n) is 8.72. The average molecular weight is 202 g/mol. The Morgan fingerprint density at radius 3 is 2.80 bits per heavy atom. The monoisotopic (exact) mass is 202 g/mol. The molecule has 0 saturated carbocycles. The van der Waals surface area contributed by atoms with Crippen molar-refractivity contribution in [1.82, 2.24) is 14.8 Å². The summed E-state index contributed by atoms with van der Waals surface area (Å²) in [6, 6.07) is 2.11. The molecule has 0 bridgehead atoms. The smallest absolute Gasteiger partial charge is 0.0674 e. The molecule has 2 aromatic rings. The normalized spacial score (nSPS) is 10.5. The second-order valence-electron chi connectivity index (χ2n) is 3.62. The van der Waals surface area contributed by atoms with Gasteiger partial charge in [0, 0.05) is 30.7 Å². The molecular weight excluding hydrogens is 188 g/mol. The first-order valence-corrected chi connectivity index (χ1v) is 4.90. The Hall–Kier alpha value is -1.68. The van der Waals surface area contributed by atoms with Crippen LogP contribution >= 0.6 is 0 Å². The molecule has 0 unspecified atom stereocenters. The third-order valence-electron chi connectivity index (χ3n) is 2.20. The summed E-state index contributed by atoms with van der Waals surface area (Å²) in [5.41, 5.74) is 8.89. The van der Waals surface area contributed by atoms with E-state index in [9.17, 15) is 0 Å².